The summed E-state index contributed by atoms with van der Waals surface area (Å²) in [5, 5.41) is 3.64. The minimum absolute atomic E-state index is 0.215. The van der Waals surface area contributed by atoms with Crippen LogP contribution in [0, 0.1) is 6.92 Å². The Labute approximate surface area is 135 Å². The molecule has 0 amide bonds. The van der Waals surface area contributed by atoms with Gasteiger partial charge in [0.15, 0.2) is 0 Å². The maximum Gasteiger partial charge on any atom is 0.0961 e. The number of rotatable bonds is 5. The third kappa shape index (κ3) is 3.16. The van der Waals surface area contributed by atoms with Gasteiger partial charge in [0.1, 0.15) is 0 Å². The predicted octanol–water partition coefficient (Wildman–Crippen LogP) is 4.83. The summed E-state index contributed by atoms with van der Waals surface area (Å²) in [7, 11) is 0. The van der Waals surface area contributed by atoms with Crippen LogP contribution in [-0.2, 0) is 18.0 Å². The summed E-state index contributed by atoms with van der Waals surface area (Å²) in [5.74, 6) is 0. The maximum absolute atomic E-state index is 6.26. The Morgan fingerprint density at radius 1 is 1.29 bits per heavy atom. The van der Waals surface area contributed by atoms with E-state index in [1.807, 2.05) is 0 Å². The van der Waals surface area contributed by atoms with Crippen LogP contribution in [0.4, 0.5) is 0 Å². The molecule has 21 heavy (non-hydrogen) atoms. The van der Waals surface area contributed by atoms with Gasteiger partial charge in [-0.05, 0) is 48.2 Å². The molecule has 3 rings (SSSR count). The van der Waals surface area contributed by atoms with E-state index in [0.717, 1.165) is 36.1 Å². The Morgan fingerprint density at radius 3 is 2.81 bits per heavy atom. The standard InChI is InChI=1S/C17H20ClNOS/c1-3-6-19-16(15-7-11(2)17(18)21-15)12-4-5-13-9-20-10-14(13)8-12/h4-5,7-8,16,19H,3,6,9-10H2,1-2H3. The van der Waals surface area contributed by atoms with Gasteiger partial charge in [-0.2, -0.15) is 0 Å². The molecule has 1 aliphatic rings. The van der Waals surface area contributed by atoms with Crippen molar-refractivity contribution in [1.29, 1.82) is 0 Å². The largest absolute Gasteiger partial charge is 0.372 e. The van der Waals surface area contributed by atoms with Crippen LogP contribution < -0.4 is 5.32 Å². The molecule has 1 unspecified atom stereocenters. The van der Waals surface area contributed by atoms with Gasteiger partial charge in [-0.3, -0.25) is 0 Å². The lowest BCUT2D eigenvalue weighted by atomic mass is 9.99. The van der Waals surface area contributed by atoms with Crippen molar-refractivity contribution in [3.8, 4) is 0 Å². The molecular formula is C17H20ClNOS. The van der Waals surface area contributed by atoms with Gasteiger partial charge in [-0.15, -0.1) is 11.3 Å². The Hall–Kier alpha value is -0.870. The van der Waals surface area contributed by atoms with Gasteiger partial charge in [0.05, 0.1) is 23.6 Å². The number of thiophene rings is 1. The zero-order valence-electron chi connectivity index (χ0n) is 12.4. The highest BCUT2D eigenvalue weighted by Crippen LogP contribution is 2.35. The molecule has 2 aromatic rings. The van der Waals surface area contributed by atoms with Gasteiger partial charge in [0.2, 0.25) is 0 Å². The average Bonchev–Trinajstić information content (AvgIpc) is 3.06. The second-order valence-electron chi connectivity index (χ2n) is 5.51. The van der Waals surface area contributed by atoms with Crippen molar-refractivity contribution in [3.05, 3.63) is 55.7 Å². The van der Waals surface area contributed by atoms with Crippen LogP contribution in [-0.4, -0.2) is 6.54 Å². The van der Waals surface area contributed by atoms with Crippen molar-refractivity contribution in [3.63, 3.8) is 0 Å². The van der Waals surface area contributed by atoms with Crippen molar-refractivity contribution in [2.45, 2.75) is 39.5 Å². The quantitative estimate of drug-likeness (QED) is 0.851. The van der Waals surface area contributed by atoms with Crippen LogP contribution in [0.2, 0.25) is 4.34 Å². The highest BCUT2D eigenvalue weighted by atomic mass is 35.5. The highest BCUT2D eigenvalue weighted by Gasteiger charge is 2.19. The van der Waals surface area contributed by atoms with E-state index in [9.17, 15) is 0 Å². The Bertz CT molecular complexity index is 618. The van der Waals surface area contributed by atoms with Gasteiger partial charge in [0, 0.05) is 4.88 Å². The molecule has 0 aliphatic carbocycles. The lowest BCUT2D eigenvalue weighted by Gasteiger charge is -2.18. The van der Waals surface area contributed by atoms with E-state index in [1.54, 1.807) is 11.3 Å². The highest BCUT2D eigenvalue weighted by molar-refractivity contribution is 7.16. The number of nitrogens with one attached hydrogen (secondary N) is 1. The number of halogens is 1. The molecule has 1 aromatic heterocycles. The number of aryl methyl sites for hydroxylation is 1. The zero-order valence-corrected chi connectivity index (χ0v) is 14.0. The second-order valence-corrected chi connectivity index (χ2v) is 7.20. The summed E-state index contributed by atoms with van der Waals surface area (Å²) in [4.78, 5) is 1.28. The van der Waals surface area contributed by atoms with E-state index in [-0.39, 0.29) is 6.04 Å². The van der Waals surface area contributed by atoms with Gasteiger partial charge in [-0.25, -0.2) is 0 Å². The van der Waals surface area contributed by atoms with Crippen molar-refractivity contribution in [2.24, 2.45) is 0 Å². The molecule has 112 valence electrons. The Balaban J connectivity index is 1.95. The molecule has 0 saturated carbocycles. The molecule has 2 nitrogen and oxygen atoms in total. The molecule has 0 bridgehead atoms. The first-order chi connectivity index (χ1) is 10.2. The van der Waals surface area contributed by atoms with E-state index in [0.29, 0.717) is 0 Å². The van der Waals surface area contributed by atoms with Gasteiger partial charge in [-0.1, -0.05) is 36.7 Å². The van der Waals surface area contributed by atoms with E-state index < -0.39 is 0 Å². The van der Waals surface area contributed by atoms with Crippen molar-refractivity contribution < 1.29 is 4.74 Å². The topological polar surface area (TPSA) is 21.3 Å². The molecular weight excluding hydrogens is 302 g/mol. The number of benzene rings is 1. The fourth-order valence-corrected chi connectivity index (χ4v) is 3.99. The zero-order chi connectivity index (χ0) is 14.8. The second kappa shape index (κ2) is 6.49. The maximum atomic E-state index is 6.26. The fraction of sp³-hybridized carbons (Fsp3) is 0.412. The molecule has 1 atom stereocenters. The van der Waals surface area contributed by atoms with Crippen LogP contribution in [0.15, 0.2) is 24.3 Å². The summed E-state index contributed by atoms with van der Waals surface area (Å²) in [6.45, 7) is 6.72. The smallest absolute Gasteiger partial charge is 0.0961 e. The molecule has 0 radical (unpaired) electrons. The van der Waals surface area contributed by atoms with Gasteiger partial charge < -0.3 is 10.1 Å². The van der Waals surface area contributed by atoms with Gasteiger partial charge in [0.25, 0.3) is 0 Å². The van der Waals surface area contributed by atoms with Crippen LogP contribution >= 0.6 is 22.9 Å². The molecule has 0 fully saturated rings. The molecule has 1 N–H and O–H groups in total. The normalized spacial score (nSPS) is 15.2. The van der Waals surface area contributed by atoms with Crippen molar-refractivity contribution in [1.82, 2.24) is 5.32 Å². The molecule has 0 saturated heterocycles. The summed E-state index contributed by atoms with van der Waals surface area (Å²) >= 11 is 7.93. The summed E-state index contributed by atoms with van der Waals surface area (Å²) in [6.07, 6.45) is 1.11. The Kier molecular flexibility index (Phi) is 4.65. The molecule has 1 aliphatic heterocycles. The monoisotopic (exact) mass is 321 g/mol. The average molecular weight is 322 g/mol. The van der Waals surface area contributed by atoms with Crippen molar-refractivity contribution >= 4 is 22.9 Å². The molecule has 0 spiro atoms. The van der Waals surface area contributed by atoms with Crippen LogP contribution in [0.5, 0.6) is 0 Å². The number of hydrogen-bond donors (Lipinski definition) is 1. The molecule has 2 heterocycles. The van der Waals surface area contributed by atoms with Crippen LogP contribution in [0.25, 0.3) is 0 Å². The first kappa shape index (κ1) is 15.0. The van der Waals surface area contributed by atoms with Crippen molar-refractivity contribution in [2.75, 3.05) is 6.54 Å². The number of hydrogen-bond acceptors (Lipinski definition) is 3. The van der Waals surface area contributed by atoms with E-state index >= 15 is 0 Å². The van der Waals surface area contributed by atoms with E-state index in [4.69, 9.17) is 16.3 Å². The summed E-state index contributed by atoms with van der Waals surface area (Å²) in [6, 6.07) is 9.10. The predicted molar refractivity (Wildman–Crippen MR) is 89.1 cm³/mol. The first-order valence-corrected chi connectivity index (χ1v) is 8.57. The summed E-state index contributed by atoms with van der Waals surface area (Å²) < 4.78 is 6.41. The minimum Gasteiger partial charge on any atom is -0.372 e. The van der Waals surface area contributed by atoms with Crippen LogP contribution in [0.1, 0.15) is 46.5 Å². The van der Waals surface area contributed by atoms with Crippen LogP contribution in [0.3, 0.4) is 0 Å². The third-order valence-corrected chi connectivity index (χ3v) is 5.46. The minimum atomic E-state index is 0.215. The lowest BCUT2D eigenvalue weighted by molar-refractivity contribution is 0.134. The molecule has 1 aromatic carbocycles. The molecule has 4 heteroatoms. The van der Waals surface area contributed by atoms with E-state index in [2.05, 4.69) is 43.4 Å². The Morgan fingerprint density at radius 2 is 2.10 bits per heavy atom. The SMILES string of the molecule is CCCNC(c1ccc2c(c1)COC2)c1cc(C)c(Cl)s1. The number of fused-ring (bicyclic) bond motifs is 1. The lowest BCUT2D eigenvalue weighted by Crippen LogP contribution is -2.22. The van der Waals surface area contributed by atoms with E-state index in [1.165, 1.54) is 21.6 Å². The number of ether oxygens (including phenoxy) is 1. The summed E-state index contributed by atoms with van der Waals surface area (Å²) in [5.41, 5.74) is 5.08. The van der Waals surface area contributed by atoms with Gasteiger partial charge >= 0.3 is 0 Å². The fourth-order valence-electron chi connectivity index (χ4n) is 2.67. The third-order valence-electron chi connectivity index (χ3n) is 3.84. The first-order valence-electron chi connectivity index (χ1n) is 7.37.